The second kappa shape index (κ2) is 9.90. The summed E-state index contributed by atoms with van der Waals surface area (Å²) in [5.74, 6) is 0.162. The molecule has 4 heteroatoms. The average Bonchev–Trinajstić information content (AvgIpc) is 2.82. The summed E-state index contributed by atoms with van der Waals surface area (Å²) in [7, 11) is -2.64. The molecule has 33 heavy (non-hydrogen) atoms. The van der Waals surface area contributed by atoms with Crippen LogP contribution in [-0.2, 0) is 15.8 Å². The lowest BCUT2D eigenvalue weighted by Crippen LogP contribution is -2.67. The van der Waals surface area contributed by atoms with Crippen LogP contribution in [0.4, 0.5) is 0 Å². The maximum atomic E-state index is 12.4. The highest BCUT2D eigenvalue weighted by Gasteiger charge is 2.50. The minimum atomic E-state index is -2.64. The molecule has 0 aromatic heterocycles. The van der Waals surface area contributed by atoms with Gasteiger partial charge in [0.2, 0.25) is 0 Å². The molecule has 0 aliphatic carbocycles. The molecule has 170 valence electrons. The zero-order chi connectivity index (χ0) is 23.3. The van der Waals surface area contributed by atoms with Gasteiger partial charge in [-0.2, -0.15) is 0 Å². The number of nitrogens with zero attached hydrogens (tertiary/aromatic N) is 1. The van der Waals surface area contributed by atoms with Gasteiger partial charge in [0.15, 0.2) is 5.78 Å². The van der Waals surface area contributed by atoms with Crippen LogP contribution in [0.25, 0.3) is 0 Å². The van der Waals surface area contributed by atoms with Gasteiger partial charge < -0.3 is 9.33 Å². The molecule has 1 atom stereocenters. The molecule has 0 fully saturated rings. The number of carbonyl (C=O) groups excluding carboxylic acids is 1. The molecule has 1 heterocycles. The molecule has 3 aromatic carbocycles. The number of hydrogen-bond donors (Lipinski definition) is 0. The van der Waals surface area contributed by atoms with E-state index >= 15 is 0 Å². The van der Waals surface area contributed by atoms with Crippen molar-refractivity contribution in [3.8, 4) is 0 Å². The van der Waals surface area contributed by atoms with Crippen molar-refractivity contribution < 1.29 is 9.22 Å². The van der Waals surface area contributed by atoms with E-state index in [-0.39, 0.29) is 16.9 Å². The van der Waals surface area contributed by atoms with E-state index in [9.17, 15) is 4.79 Å². The molecule has 0 N–H and O–H groups in total. The van der Waals surface area contributed by atoms with Crippen LogP contribution in [0.5, 0.6) is 0 Å². The van der Waals surface area contributed by atoms with Crippen LogP contribution < -0.4 is 10.4 Å². The van der Waals surface area contributed by atoms with Crippen molar-refractivity contribution in [2.24, 2.45) is 0 Å². The molecule has 0 saturated heterocycles. The van der Waals surface area contributed by atoms with Gasteiger partial charge in [0.1, 0.15) is 0 Å². The van der Waals surface area contributed by atoms with Crippen LogP contribution in [0.3, 0.4) is 0 Å². The third-order valence-electron chi connectivity index (χ3n) is 6.47. The Balaban J connectivity index is 1.69. The second-order valence-corrected chi connectivity index (χ2v) is 14.1. The van der Waals surface area contributed by atoms with Crippen LogP contribution >= 0.6 is 0 Å². The highest BCUT2D eigenvalue weighted by Crippen LogP contribution is 2.37. The number of benzene rings is 3. The number of allylic oxidation sites excluding steroid dienone is 1. The van der Waals surface area contributed by atoms with Gasteiger partial charge in [0.25, 0.3) is 8.32 Å². The smallest absolute Gasteiger partial charge is 0.261 e. The monoisotopic (exact) mass is 455 g/mol. The standard InChI is InChI=1S/C29H33NO2Si/c1-29(2,3)33(27-15-9-5-10-16-27,28-17-11-6-12-18-28)32-23-25-21-26(31)19-20-30(25)22-24-13-7-4-8-14-24/h4-20,25H,21-23H2,1-3H3/t25-/m1/s1. The maximum absolute atomic E-state index is 12.4. The highest BCUT2D eigenvalue weighted by molar-refractivity contribution is 6.99. The first-order valence-corrected chi connectivity index (χ1v) is 13.6. The Morgan fingerprint density at radius 1 is 0.848 bits per heavy atom. The summed E-state index contributed by atoms with van der Waals surface area (Å²) in [4.78, 5) is 14.6. The van der Waals surface area contributed by atoms with Crippen molar-refractivity contribution in [1.82, 2.24) is 4.90 Å². The molecule has 0 bridgehead atoms. The van der Waals surface area contributed by atoms with Crippen molar-refractivity contribution in [2.75, 3.05) is 6.61 Å². The SMILES string of the molecule is CC(C)(C)[Si](OC[C@H]1CC(=O)C=CN1Cc1ccccc1)(c1ccccc1)c1ccccc1. The van der Waals surface area contributed by atoms with E-state index < -0.39 is 8.32 Å². The number of ketones is 1. The van der Waals surface area contributed by atoms with E-state index in [2.05, 4.69) is 111 Å². The van der Waals surface area contributed by atoms with E-state index in [0.29, 0.717) is 13.0 Å². The molecule has 0 unspecified atom stereocenters. The minimum absolute atomic E-state index is 0.00403. The Hall–Kier alpha value is -2.95. The Labute approximate surface area is 198 Å². The predicted octanol–water partition coefficient (Wildman–Crippen LogP) is 4.92. The third kappa shape index (κ3) is 5.02. The maximum Gasteiger partial charge on any atom is 0.261 e. The quantitative estimate of drug-likeness (QED) is 0.474. The van der Waals surface area contributed by atoms with Crippen molar-refractivity contribution in [1.29, 1.82) is 0 Å². The largest absolute Gasteiger partial charge is 0.405 e. The van der Waals surface area contributed by atoms with Gasteiger partial charge in [-0.05, 0) is 27.1 Å². The lowest BCUT2D eigenvalue weighted by Gasteiger charge is -2.44. The third-order valence-corrected chi connectivity index (χ3v) is 11.5. The fraction of sp³-hybridized carbons (Fsp3) is 0.276. The van der Waals surface area contributed by atoms with Crippen LogP contribution in [0.1, 0.15) is 32.8 Å². The van der Waals surface area contributed by atoms with Crippen molar-refractivity contribution >= 4 is 24.5 Å². The molecule has 4 rings (SSSR count). The summed E-state index contributed by atoms with van der Waals surface area (Å²) in [5.41, 5.74) is 1.23. The Morgan fingerprint density at radius 2 is 1.36 bits per heavy atom. The number of rotatable bonds is 7. The molecule has 0 radical (unpaired) electrons. The summed E-state index contributed by atoms with van der Waals surface area (Å²) in [6, 6.07) is 31.8. The lowest BCUT2D eigenvalue weighted by atomic mass is 10.1. The summed E-state index contributed by atoms with van der Waals surface area (Å²) < 4.78 is 7.13. The molecule has 0 spiro atoms. The first kappa shape index (κ1) is 23.2. The molecular weight excluding hydrogens is 422 g/mol. The van der Waals surface area contributed by atoms with Gasteiger partial charge in [-0.15, -0.1) is 0 Å². The molecule has 1 aliphatic rings. The number of hydrogen-bond acceptors (Lipinski definition) is 3. The van der Waals surface area contributed by atoms with Crippen molar-refractivity contribution in [3.63, 3.8) is 0 Å². The summed E-state index contributed by atoms with van der Waals surface area (Å²) in [6.45, 7) is 8.13. The van der Waals surface area contributed by atoms with Gasteiger partial charge in [-0.1, -0.05) is 112 Å². The molecular formula is C29H33NO2Si. The van der Waals surface area contributed by atoms with Gasteiger partial charge >= 0.3 is 0 Å². The Bertz CT molecular complexity index is 1040. The second-order valence-electron chi connectivity index (χ2n) is 9.77. The first-order valence-electron chi connectivity index (χ1n) is 11.7. The summed E-state index contributed by atoms with van der Waals surface area (Å²) >= 11 is 0. The molecule has 0 amide bonds. The topological polar surface area (TPSA) is 29.5 Å². The minimum Gasteiger partial charge on any atom is -0.405 e. The van der Waals surface area contributed by atoms with Crippen molar-refractivity contribution in [2.45, 2.75) is 44.8 Å². The summed E-state index contributed by atoms with van der Waals surface area (Å²) in [5, 5.41) is 2.43. The van der Waals surface area contributed by atoms with E-state index in [0.717, 1.165) is 6.54 Å². The molecule has 1 aliphatic heterocycles. The summed E-state index contributed by atoms with van der Waals surface area (Å²) in [6.07, 6.45) is 4.11. The Kier molecular flexibility index (Phi) is 6.96. The van der Waals surface area contributed by atoms with E-state index in [4.69, 9.17) is 4.43 Å². The van der Waals surface area contributed by atoms with Gasteiger partial charge in [0, 0.05) is 19.2 Å². The molecule has 0 saturated carbocycles. The van der Waals surface area contributed by atoms with Crippen LogP contribution in [0.2, 0.25) is 5.04 Å². The van der Waals surface area contributed by atoms with Crippen LogP contribution in [-0.4, -0.2) is 31.6 Å². The van der Waals surface area contributed by atoms with E-state index in [1.54, 1.807) is 6.08 Å². The zero-order valence-corrected chi connectivity index (χ0v) is 20.8. The van der Waals surface area contributed by atoms with E-state index in [1.807, 2.05) is 12.3 Å². The zero-order valence-electron chi connectivity index (χ0n) is 19.8. The van der Waals surface area contributed by atoms with Gasteiger partial charge in [0.05, 0.1) is 12.6 Å². The normalized spacial score (nSPS) is 16.8. The van der Waals surface area contributed by atoms with Crippen LogP contribution in [0.15, 0.2) is 103 Å². The fourth-order valence-electron chi connectivity index (χ4n) is 4.83. The van der Waals surface area contributed by atoms with Gasteiger partial charge in [-0.25, -0.2) is 0 Å². The lowest BCUT2D eigenvalue weighted by molar-refractivity contribution is -0.116. The molecule has 3 nitrogen and oxygen atoms in total. The Morgan fingerprint density at radius 3 is 1.88 bits per heavy atom. The first-order chi connectivity index (χ1) is 15.9. The fourth-order valence-corrected chi connectivity index (χ4v) is 9.43. The predicted molar refractivity (Wildman–Crippen MR) is 138 cm³/mol. The number of carbonyl (C=O) groups is 1. The van der Waals surface area contributed by atoms with Gasteiger partial charge in [-0.3, -0.25) is 4.79 Å². The van der Waals surface area contributed by atoms with Crippen molar-refractivity contribution in [3.05, 3.63) is 109 Å². The van der Waals surface area contributed by atoms with Crippen LogP contribution in [0, 0.1) is 0 Å². The highest BCUT2D eigenvalue weighted by atomic mass is 28.4. The average molecular weight is 456 g/mol. The molecule has 3 aromatic rings. The van der Waals surface area contributed by atoms with E-state index in [1.165, 1.54) is 15.9 Å².